The van der Waals surface area contributed by atoms with Crippen LogP contribution >= 0.6 is 0 Å². The van der Waals surface area contributed by atoms with Gasteiger partial charge in [0.2, 0.25) is 11.8 Å². The fourth-order valence-corrected chi connectivity index (χ4v) is 2.57. The number of carbonyl (C=O) groups excluding carboxylic acids is 2. The molecule has 0 saturated carbocycles. The summed E-state index contributed by atoms with van der Waals surface area (Å²) in [5.41, 5.74) is 6.34. The van der Waals surface area contributed by atoms with Gasteiger partial charge in [0.25, 0.3) is 0 Å². The molecule has 4 heteroatoms. The minimum absolute atomic E-state index is 0.185. The average molecular weight is 260 g/mol. The molecule has 4 nitrogen and oxygen atoms in total. The highest BCUT2D eigenvalue weighted by Crippen LogP contribution is 2.28. The van der Waals surface area contributed by atoms with Crippen LogP contribution in [0.15, 0.2) is 30.3 Å². The molecule has 1 aliphatic heterocycles. The van der Waals surface area contributed by atoms with Crippen molar-refractivity contribution in [2.45, 2.75) is 31.6 Å². The Balaban J connectivity index is 1.85. The number of nitrogens with zero attached hydrogens (tertiary/aromatic N) is 1. The second kappa shape index (κ2) is 6.36. The van der Waals surface area contributed by atoms with E-state index in [-0.39, 0.29) is 11.8 Å². The molecule has 0 spiro atoms. The summed E-state index contributed by atoms with van der Waals surface area (Å²) in [6, 6.07) is 10.2. The standard InChI is InChI=1S/C15H20N2O2/c16-14(18)7-4-9-17-10-8-13(11-15(17)19)12-5-2-1-3-6-12/h1-3,5-6,13H,4,7-11H2,(H2,16,18). The van der Waals surface area contributed by atoms with Gasteiger partial charge in [-0.05, 0) is 24.3 Å². The van der Waals surface area contributed by atoms with Gasteiger partial charge in [-0.2, -0.15) is 0 Å². The molecule has 2 amide bonds. The molecule has 2 rings (SSSR count). The monoisotopic (exact) mass is 260 g/mol. The number of amides is 2. The molecule has 1 aliphatic rings. The van der Waals surface area contributed by atoms with Gasteiger partial charge in [0.15, 0.2) is 0 Å². The van der Waals surface area contributed by atoms with Crippen molar-refractivity contribution in [1.82, 2.24) is 4.90 Å². The normalized spacial score (nSPS) is 19.5. The topological polar surface area (TPSA) is 63.4 Å². The maximum Gasteiger partial charge on any atom is 0.223 e. The Bertz CT molecular complexity index is 445. The zero-order valence-corrected chi connectivity index (χ0v) is 11.0. The maximum absolute atomic E-state index is 12.1. The van der Waals surface area contributed by atoms with Crippen molar-refractivity contribution >= 4 is 11.8 Å². The second-order valence-electron chi connectivity index (χ2n) is 5.05. The summed E-state index contributed by atoms with van der Waals surface area (Å²) in [6.45, 7) is 1.42. The Labute approximate surface area is 113 Å². The van der Waals surface area contributed by atoms with Crippen LogP contribution in [0.5, 0.6) is 0 Å². The highest BCUT2D eigenvalue weighted by atomic mass is 16.2. The summed E-state index contributed by atoms with van der Waals surface area (Å²) in [4.78, 5) is 24.6. The molecule has 102 valence electrons. The van der Waals surface area contributed by atoms with Gasteiger partial charge >= 0.3 is 0 Å². The van der Waals surface area contributed by atoms with Gasteiger partial charge in [-0.3, -0.25) is 9.59 Å². The molecule has 2 N–H and O–H groups in total. The Kier molecular flexibility index (Phi) is 4.55. The maximum atomic E-state index is 12.1. The Morgan fingerprint density at radius 3 is 2.68 bits per heavy atom. The highest BCUT2D eigenvalue weighted by molar-refractivity contribution is 5.78. The van der Waals surface area contributed by atoms with Gasteiger partial charge in [-0.15, -0.1) is 0 Å². The van der Waals surface area contributed by atoms with Crippen molar-refractivity contribution in [3.63, 3.8) is 0 Å². The minimum Gasteiger partial charge on any atom is -0.370 e. The van der Waals surface area contributed by atoms with Crippen LogP contribution in [0.3, 0.4) is 0 Å². The molecule has 1 fully saturated rings. The summed E-state index contributed by atoms with van der Waals surface area (Å²) < 4.78 is 0. The molecule has 19 heavy (non-hydrogen) atoms. The first-order chi connectivity index (χ1) is 9.16. The molecule has 1 unspecified atom stereocenters. The van der Waals surface area contributed by atoms with Gasteiger partial charge in [0, 0.05) is 25.9 Å². The van der Waals surface area contributed by atoms with E-state index in [0.717, 1.165) is 13.0 Å². The third-order valence-electron chi connectivity index (χ3n) is 3.64. The van der Waals surface area contributed by atoms with Crippen molar-refractivity contribution in [2.24, 2.45) is 5.73 Å². The van der Waals surface area contributed by atoms with Crippen LogP contribution in [0.4, 0.5) is 0 Å². The van der Waals surface area contributed by atoms with Crippen molar-refractivity contribution in [3.05, 3.63) is 35.9 Å². The summed E-state index contributed by atoms with van der Waals surface area (Å²) in [5.74, 6) is 0.220. The molecule has 1 heterocycles. The van der Waals surface area contributed by atoms with Crippen LogP contribution < -0.4 is 5.73 Å². The number of piperidine rings is 1. The number of primary amides is 1. The number of hydrogen-bond donors (Lipinski definition) is 1. The highest BCUT2D eigenvalue weighted by Gasteiger charge is 2.26. The van der Waals surface area contributed by atoms with Gasteiger partial charge in [-0.25, -0.2) is 0 Å². The first-order valence-corrected chi connectivity index (χ1v) is 6.78. The van der Waals surface area contributed by atoms with Crippen LogP contribution in [-0.2, 0) is 9.59 Å². The lowest BCUT2D eigenvalue weighted by Crippen LogP contribution is -2.39. The SMILES string of the molecule is NC(=O)CCCN1CCC(c2ccccc2)CC1=O. The number of carbonyl (C=O) groups is 2. The quantitative estimate of drug-likeness (QED) is 0.875. The van der Waals surface area contributed by atoms with Gasteiger partial charge in [0.05, 0.1) is 0 Å². The molecular weight excluding hydrogens is 240 g/mol. The number of likely N-dealkylation sites (tertiary alicyclic amines) is 1. The smallest absolute Gasteiger partial charge is 0.223 e. The molecule has 1 aromatic carbocycles. The van der Waals surface area contributed by atoms with E-state index in [1.807, 2.05) is 23.1 Å². The number of rotatable bonds is 5. The van der Waals surface area contributed by atoms with E-state index in [1.165, 1.54) is 5.56 Å². The Morgan fingerprint density at radius 1 is 1.32 bits per heavy atom. The first kappa shape index (κ1) is 13.6. The summed E-state index contributed by atoms with van der Waals surface area (Å²) in [6.07, 6.45) is 2.58. The number of nitrogens with two attached hydrogens (primary N) is 1. The van der Waals surface area contributed by atoms with Crippen molar-refractivity contribution < 1.29 is 9.59 Å². The number of hydrogen-bond acceptors (Lipinski definition) is 2. The van der Waals surface area contributed by atoms with E-state index in [9.17, 15) is 9.59 Å². The van der Waals surface area contributed by atoms with Gasteiger partial charge < -0.3 is 10.6 Å². The zero-order chi connectivity index (χ0) is 13.7. The van der Waals surface area contributed by atoms with Gasteiger partial charge in [-0.1, -0.05) is 30.3 Å². The van der Waals surface area contributed by atoms with Crippen molar-refractivity contribution in [1.29, 1.82) is 0 Å². The van der Waals surface area contributed by atoms with Gasteiger partial charge in [0.1, 0.15) is 0 Å². The molecule has 0 radical (unpaired) electrons. The molecule has 1 saturated heterocycles. The van der Waals surface area contributed by atoms with Crippen LogP contribution in [0, 0.1) is 0 Å². The zero-order valence-electron chi connectivity index (χ0n) is 11.0. The average Bonchev–Trinajstić information content (AvgIpc) is 2.41. The first-order valence-electron chi connectivity index (χ1n) is 6.78. The molecule has 1 atom stereocenters. The Morgan fingerprint density at radius 2 is 2.05 bits per heavy atom. The molecule has 1 aromatic rings. The van der Waals surface area contributed by atoms with E-state index < -0.39 is 0 Å². The predicted molar refractivity (Wildman–Crippen MR) is 73.4 cm³/mol. The third-order valence-corrected chi connectivity index (χ3v) is 3.64. The summed E-state index contributed by atoms with van der Waals surface area (Å²) in [7, 11) is 0. The molecule has 0 bridgehead atoms. The van der Waals surface area contributed by atoms with Crippen LogP contribution in [0.2, 0.25) is 0 Å². The minimum atomic E-state index is -0.299. The van der Waals surface area contributed by atoms with Crippen molar-refractivity contribution in [3.8, 4) is 0 Å². The van der Waals surface area contributed by atoms with E-state index in [1.54, 1.807) is 0 Å². The lowest BCUT2D eigenvalue weighted by Gasteiger charge is -2.32. The summed E-state index contributed by atoms with van der Waals surface area (Å²) >= 11 is 0. The summed E-state index contributed by atoms with van der Waals surface area (Å²) in [5, 5.41) is 0. The number of benzene rings is 1. The molecule has 0 aromatic heterocycles. The fourth-order valence-electron chi connectivity index (χ4n) is 2.57. The fraction of sp³-hybridized carbons (Fsp3) is 0.467. The third kappa shape index (κ3) is 3.81. The largest absolute Gasteiger partial charge is 0.370 e. The molecular formula is C15H20N2O2. The molecule has 0 aliphatic carbocycles. The van der Waals surface area contributed by atoms with E-state index in [0.29, 0.717) is 31.7 Å². The lowest BCUT2D eigenvalue weighted by atomic mass is 9.89. The lowest BCUT2D eigenvalue weighted by molar-refractivity contribution is -0.134. The van der Waals surface area contributed by atoms with Crippen molar-refractivity contribution in [2.75, 3.05) is 13.1 Å². The van der Waals surface area contributed by atoms with Crippen LogP contribution in [0.25, 0.3) is 0 Å². The van der Waals surface area contributed by atoms with E-state index >= 15 is 0 Å². The van der Waals surface area contributed by atoms with Crippen LogP contribution in [0.1, 0.15) is 37.2 Å². The van der Waals surface area contributed by atoms with E-state index in [2.05, 4.69) is 12.1 Å². The Hall–Kier alpha value is -1.84. The second-order valence-corrected chi connectivity index (χ2v) is 5.05. The van der Waals surface area contributed by atoms with E-state index in [4.69, 9.17) is 5.73 Å². The van der Waals surface area contributed by atoms with Crippen LogP contribution in [-0.4, -0.2) is 29.8 Å². The predicted octanol–water partition coefficient (Wildman–Crippen LogP) is 1.66.